The molecule has 0 aromatic rings. The van der Waals surface area contributed by atoms with E-state index in [1.165, 1.54) is 31.3 Å². The van der Waals surface area contributed by atoms with E-state index < -0.39 is 0 Å². The molecule has 0 heterocycles. The van der Waals surface area contributed by atoms with Gasteiger partial charge in [-0.3, -0.25) is 0 Å². The fourth-order valence-corrected chi connectivity index (χ4v) is 1.26. The van der Waals surface area contributed by atoms with Crippen molar-refractivity contribution in [3.8, 4) is 0 Å². The first kappa shape index (κ1) is 10.7. The molecule has 0 bridgehead atoms. The molecule has 0 saturated carbocycles. The lowest BCUT2D eigenvalue weighted by molar-refractivity contribution is 0.483. The maximum Gasteiger partial charge on any atom is -0.0321 e. The first-order valence-electron chi connectivity index (χ1n) is 4.87. The molecule has 0 rings (SSSR count). The third kappa shape index (κ3) is 6.15. The van der Waals surface area contributed by atoms with Gasteiger partial charge in [-0.25, -0.2) is 0 Å². The molecule has 0 fully saturated rings. The predicted octanol–water partition coefficient (Wildman–Crippen LogP) is 4.17. The van der Waals surface area contributed by atoms with Gasteiger partial charge in [0.15, 0.2) is 0 Å². The number of rotatable bonds is 6. The van der Waals surface area contributed by atoms with Crippen molar-refractivity contribution in [3.63, 3.8) is 0 Å². The average Bonchev–Trinajstić information content (AvgIpc) is 2.01. The second kappa shape index (κ2) is 6.45. The molecule has 0 heteroatoms. The van der Waals surface area contributed by atoms with Crippen LogP contribution < -0.4 is 0 Å². The van der Waals surface area contributed by atoms with Crippen LogP contribution in [0.4, 0.5) is 0 Å². The standard InChI is InChI=1S/C11H22/c1-5-7-11(4)9-8-10(3)6-2/h11H,3,5-9H2,1-2,4H3. The third-order valence-corrected chi connectivity index (χ3v) is 2.27. The van der Waals surface area contributed by atoms with E-state index in [4.69, 9.17) is 0 Å². The minimum Gasteiger partial charge on any atom is -0.0999 e. The van der Waals surface area contributed by atoms with Crippen molar-refractivity contribution in [3.05, 3.63) is 12.2 Å². The van der Waals surface area contributed by atoms with Crippen LogP contribution in [0.15, 0.2) is 12.2 Å². The van der Waals surface area contributed by atoms with Crippen LogP contribution in [0.3, 0.4) is 0 Å². The maximum atomic E-state index is 4.01. The molecule has 1 atom stereocenters. The average molecular weight is 154 g/mol. The summed E-state index contributed by atoms with van der Waals surface area (Å²) in [5.74, 6) is 0.892. The number of hydrogen-bond donors (Lipinski definition) is 0. The Morgan fingerprint density at radius 2 is 1.91 bits per heavy atom. The number of hydrogen-bond acceptors (Lipinski definition) is 0. The SMILES string of the molecule is C=C(CC)CCC(C)CCC. The van der Waals surface area contributed by atoms with Crippen LogP contribution in [-0.4, -0.2) is 0 Å². The molecule has 1 unspecified atom stereocenters. The summed E-state index contributed by atoms with van der Waals surface area (Å²) in [4.78, 5) is 0. The highest BCUT2D eigenvalue weighted by molar-refractivity contribution is 4.92. The normalized spacial score (nSPS) is 13.0. The van der Waals surface area contributed by atoms with Gasteiger partial charge in [-0.1, -0.05) is 45.8 Å². The maximum absolute atomic E-state index is 4.01. The predicted molar refractivity (Wildman–Crippen MR) is 52.7 cm³/mol. The van der Waals surface area contributed by atoms with Crippen molar-refractivity contribution in [2.24, 2.45) is 5.92 Å². The van der Waals surface area contributed by atoms with E-state index in [2.05, 4.69) is 27.4 Å². The molecule has 11 heavy (non-hydrogen) atoms. The molecule has 0 saturated heterocycles. The molecule has 0 N–H and O–H groups in total. The van der Waals surface area contributed by atoms with E-state index in [1.807, 2.05) is 0 Å². The summed E-state index contributed by atoms with van der Waals surface area (Å²) in [7, 11) is 0. The van der Waals surface area contributed by atoms with Gasteiger partial charge in [-0.15, -0.1) is 0 Å². The van der Waals surface area contributed by atoms with Gasteiger partial charge in [-0.2, -0.15) is 0 Å². The van der Waals surface area contributed by atoms with Crippen LogP contribution in [0.2, 0.25) is 0 Å². The molecule has 0 radical (unpaired) electrons. The van der Waals surface area contributed by atoms with Crippen molar-refractivity contribution < 1.29 is 0 Å². The lowest BCUT2D eigenvalue weighted by atomic mass is 9.97. The molecule has 0 amide bonds. The first-order chi connectivity index (χ1) is 5.20. The van der Waals surface area contributed by atoms with Gasteiger partial charge in [0.05, 0.1) is 0 Å². The molecule has 0 spiro atoms. The lowest BCUT2D eigenvalue weighted by Gasteiger charge is -2.09. The molecule has 66 valence electrons. The van der Waals surface area contributed by atoms with Gasteiger partial charge in [0.25, 0.3) is 0 Å². The van der Waals surface area contributed by atoms with E-state index in [0.717, 1.165) is 12.3 Å². The molecule has 0 nitrogen and oxygen atoms in total. The molecule has 0 aliphatic heterocycles. The summed E-state index contributed by atoms with van der Waals surface area (Å²) in [5.41, 5.74) is 1.41. The van der Waals surface area contributed by atoms with E-state index in [-0.39, 0.29) is 0 Å². The zero-order valence-corrected chi connectivity index (χ0v) is 8.32. The lowest BCUT2D eigenvalue weighted by Crippen LogP contribution is -1.94. The molecular formula is C11H22. The van der Waals surface area contributed by atoms with Gasteiger partial charge < -0.3 is 0 Å². The summed E-state index contributed by atoms with van der Waals surface area (Å²) < 4.78 is 0. The van der Waals surface area contributed by atoms with Crippen LogP contribution in [0, 0.1) is 5.92 Å². The summed E-state index contributed by atoms with van der Waals surface area (Å²) in [6, 6.07) is 0. The fourth-order valence-electron chi connectivity index (χ4n) is 1.26. The van der Waals surface area contributed by atoms with Gasteiger partial charge in [0.2, 0.25) is 0 Å². The summed E-state index contributed by atoms with van der Waals surface area (Å²) in [6.45, 7) is 10.8. The first-order valence-corrected chi connectivity index (χ1v) is 4.87. The van der Waals surface area contributed by atoms with E-state index in [0.29, 0.717) is 0 Å². The Morgan fingerprint density at radius 3 is 2.36 bits per heavy atom. The highest BCUT2D eigenvalue weighted by Crippen LogP contribution is 2.16. The van der Waals surface area contributed by atoms with Crippen molar-refractivity contribution in [2.75, 3.05) is 0 Å². The van der Waals surface area contributed by atoms with Crippen LogP contribution in [0.1, 0.15) is 52.9 Å². The Morgan fingerprint density at radius 1 is 1.27 bits per heavy atom. The van der Waals surface area contributed by atoms with Gasteiger partial charge in [0.1, 0.15) is 0 Å². The van der Waals surface area contributed by atoms with E-state index >= 15 is 0 Å². The minimum atomic E-state index is 0.892. The van der Waals surface area contributed by atoms with Gasteiger partial charge in [-0.05, 0) is 25.2 Å². The largest absolute Gasteiger partial charge is 0.0999 e. The molecule has 0 aromatic carbocycles. The van der Waals surface area contributed by atoms with Gasteiger partial charge in [0, 0.05) is 0 Å². The Labute approximate surface area is 71.7 Å². The Balaban J connectivity index is 3.29. The fraction of sp³-hybridized carbons (Fsp3) is 0.818. The Kier molecular flexibility index (Phi) is 6.30. The van der Waals surface area contributed by atoms with Crippen LogP contribution in [0.5, 0.6) is 0 Å². The zero-order chi connectivity index (χ0) is 8.69. The summed E-state index contributed by atoms with van der Waals surface area (Å²) in [6.07, 6.45) is 6.41. The molecule has 0 aromatic heterocycles. The third-order valence-electron chi connectivity index (χ3n) is 2.27. The topological polar surface area (TPSA) is 0 Å². The monoisotopic (exact) mass is 154 g/mol. The molecule has 0 aliphatic rings. The molecule has 0 aliphatic carbocycles. The van der Waals surface area contributed by atoms with Crippen LogP contribution >= 0.6 is 0 Å². The zero-order valence-electron chi connectivity index (χ0n) is 8.32. The quantitative estimate of drug-likeness (QED) is 0.504. The number of allylic oxidation sites excluding steroid dienone is 1. The van der Waals surface area contributed by atoms with Crippen LogP contribution in [0.25, 0.3) is 0 Å². The Hall–Kier alpha value is -0.260. The second-order valence-electron chi connectivity index (χ2n) is 3.54. The highest BCUT2D eigenvalue weighted by atomic mass is 14.1. The van der Waals surface area contributed by atoms with Crippen LogP contribution in [-0.2, 0) is 0 Å². The van der Waals surface area contributed by atoms with Crippen molar-refractivity contribution >= 4 is 0 Å². The van der Waals surface area contributed by atoms with Crippen molar-refractivity contribution in [2.45, 2.75) is 52.9 Å². The summed E-state index contributed by atoms with van der Waals surface area (Å²) >= 11 is 0. The Bertz CT molecular complexity index is 103. The smallest absolute Gasteiger partial charge is 0.0321 e. The summed E-state index contributed by atoms with van der Waals surface area (Å²) in [5, 5.41) is 0. The van der Waals surface area contributed by atoms with Crippen molar-refractivity contribution in [1.29, 1.82) is 0 Å². The van der Waals surface area contributed by atoms with Crippen molar-refractivity contribution in [1.82, 2.24) is 0 Å². The minimum absolute atomic E-state index is 0.892. The highest BCUT2D eigenvalue weighted by Gasteiger charge is 2.00. The van der Waals surface area contributed by atoms with Gasteiger partial charge >= 0.3 is 0 Å². The van der Waals surface area contributed by atoms with E-state index in [9.17, 15) is 0 Å². The second-order valence-corrected chi connectivity index (χ2v) is 3.54. The van der Waals surface area contributed by atoms with E-state index in [1.54, 1.807) is 0 Å². The molecular weight excluding hydrogens is 132 g/mol.